The van der Waals surface area contributed by atoms with Gasteiger partial charge in [-0.3, -0.25) is 14.5 Å². The van der Waals surface area contributed by atoms with E-state index in [1.807, 2.05) is 30.3 Å². The SMILES string of the molecule is O=C1[C@@H]2Cc3c([nH]c4ccccc34)C(c3cccc([NH+]([O-])O)c3)N2C(=O)CN1CCCN1CCOCC1. The molecule has 37 heavy (non-hydrogen) atoms. The number of ether oxygens (including phenoxy) is 1. The van der Waals surface area contributed by atoms with Crippen LogP contribution in [-0.2, 0) is 20.7 Å². The summed E-state index contributed by atoms with van der Waals surface area (Å²) < 4.78 is 5.41. The van der Waals surface area contributed by atoms with E-state index in [1.54, 1.807) is 21.9 Å². The molecule has 2 saturated heterocycles. The number of morpholine rings is 1. The number of quaternary nitrogens is 1. The number of carbonyl (C=O) groups is 2. The fourth-order valence-electron chi connectivity index (χ4n) is 6.01. The zero-order valence-electron chi connectivity index (χ0n) is 20.6. The lowest BCUT2D eigenvalue weighted by Gasteiger charge is -2.47. The summed E-state index contributed by atoms with van der Waals surface area (Å²) in [6, 6.07) is 13.4. The van der Waals surface area contributed by atoms with Gasteiger partial charge in [-0.25, -0.2) is 5.21 Å². The van der Waals surface area contributed by atoms with Crippen LogP contribution in [0.4, 0.5) is 5.69 Å². The molecule has 6 rings (SSSR count). The highest BCUT2D eigenvalue weighted by atomic mass is 16.8. The van der Waals surface area contributed by atoms with Crippen LogP contribution in [0.2, 0.25) is 0 Å². The summed E-state index contributed by atoms with van der Waals surface area (Å²) in [4.78, 5) is 36.6. The Bertz CT molecular complexity index is 1320. The van der Waals surface area contributed by atoms with Gasteiger partial charge in [0.25, 0.3) is 0 Å². The van der Waals surface area contributed by atoms with Crippen molar-refractivity contribution >= 4 is 28.4 Å². The monoisotopic (exact) mass is 505 g/mol. The van der Waals surface area contributed by atoms with Crippen LogP contribution in [0.1, 0.15) is 29.3 Å². The summed E-state index contributed by atoms with van der Waals surface area (Å²) in [7, 11) is 0. The van der Waals surface area contributed by atoms with E-state index in [2.05, 4.69) is 9.88 Å². The Morgan fingerprint density at radius 1 is 1.08 bits per heavy atom. The van der Waals surface area contributed by atoms with E-state index in [-0.39, 0.29) is 24.0 Å². The molecule has 4 heterocycles. The van der Waals surface area contributed by atoms with Crippen molar-refractivity contribution in [2.24, 2.45) is 0 Å². The van der Waals surface area contributed by atoms with Crippen LogP contribution in [0.3, 0.4) is 0 Å². The van der Waals surface area contributed by atoms with Crippen LogP contribution in [0, 0.1) is 5.21 Å². The van der Waals surface area contributed by atoms with Crippen molar-refractivity contribution in [2.75, 3.05) is 45.9 Å². The van der Waals surface area contributed by atoms with Gasteiger partial charge >= 0.3 is 0 Å². The molecule has 2 unspecified atom stereocenters. The molecule has 2 amide bonds. The molecular formula is C27H31N5O5. The average molecular weight is 506 g/mol. The van der Waals surface area contributed by atoms with E-state index >= 15 is 0 Å². The zero-order chi connectivity index (χ0) is 25.5. The zero-order valence-corrected chi connectivity index (χ0v) is 20.6. The summed E-state index contributed by atoms with van der Waals surface area (Å²) in [6.07, 6.45) is 1.23. The fourth-order valence-corrected chi connectivity index (χ4v) is 6.01. The average Bonchev–Trinajstić information content (AvgIpc) is 3.29. The number of para-hydroxylation sites is 1. The Hall–Kier alpha value is -3.28. The Balaban J connectivity index is 1.33. The summed E-state index contributed by atoms with van der Waals surface area (Å²) >= 11 is 0. The molecule has 2 fully saturated rings. The molecule has 0 aliphatic carbocycles. The van der Waals surface area contributed by atoms with Gasteiger partial charge in [-0.15, -0.1) is 0 Å². The van der Waals surface area contributed by atoms with Crippen molar-refractivity contribution in [3.63, 3.8) is 0 Å². The van der Waals surface area contributed by atoms with E-state index < -0.39 is 17.3 Å². The van der Waals surface area contributed by atoms with Gasteiger partial charge in [0.15, 0.2) is 5.69 Å². The molecular weight excluding hydrogens is 474 g/mol. The Morgan fingerprint density at radius 2 is 1.89 bits per heavy atom. The molecule has 1 aromatic heterocycles. The number of piperazine rings is 1. The predicted molar refractivity (Wildman–Crippen MR) is 135 cm³/mol. The van der Waals surface area contributed by atoms with Gasteiger partial charge in [0.2, 0.25) is 11.8 Å². The Kier molecular flexibility index (Phi) is 6.43. The van der Waals surface area contributed by atoms with E-state index in [4.69, 9.17) is 4.74 Å². The molecule has 10 heteroatoms. The highest BCUT2D eigenvalue weighted by Gasteiger charge is 2.48. The number of hydrogen-bond acceptors (Lipinski definition) is 6. The minimum absolute atomic E-state index is 0.0309. The number of aromatic nitrogens is 1. The molecule has 3 atom stereocenters. The third-order valence-electron chi connectivity index (χ3n) is 7.80. The number of nitrogens with one attached hydrogen (secondary N) is 2. The molecule has 3 aliphatic rings. The lowest BCUT2D eigenvalue weighted by atomic mass is 9.86. The van der Waals surface area contributed by atoms with E-state index in [0.29, 0.717) is 18.5 Å². The smallest absolute Gasteiger partial charge is 0.246 e. The summed E-state index contributed by atoms with van der Waals surface area (Å²) in [5, 5.41) is 21.3. The van der Waals surface area contributed by atoms with Gasteiger partial charge in [-0.05, 0) is 23.6 Å². The second-order valence-electron chi connectivity index (χ2n) is 9.98. The Morgan fingerprint density at radius 3 is 2.70 bits per heavy atom. The Labute approximate surface area is 214 Å². The van der Waals surface area contributed by atoms with Crippen LogP contribution in [0.25, 0.3) is 10.9 Å². The number of carbonyl (C=O) groups excluding carboxylic acids is 2. The predicted octanol–water partition coefficient (Wildman–Crippen LogP) is 0.979. The van der Waals surface area contributed by atoms with Gasteiger partial charge in [0.05, 0.1) is 25.8 Å². The van der Waals surface area contributed by atoms with Crippen molar-refractivity contribution in [1.29, 1.82) is 0 Å². The first-order chi connectivity index (χ1) is 18.0. The molecule has 3 aliphatic heterocycles. The fraction of sp³-hybridized carbons (Fsp3) is 0.407. The topological polar surface area (TPSA) is 117 Å². The third kappa shape index (κ3) is 4.41. The van der Waals surface area contributed by atoms with Crippen molar-refractivity contribution in [3.05, 3.63) is 70.6 Å². The molecule has 10 nitrogen and oxygen atoms in total. The number of amides is 2. The minimum atomic E-state index is -1.03. The van der Waals surface area contributed by atoms with Gasteiger partial charge in [0, 0.05) is 61.3 Å². The highest BCUT2D eigenvalue weighted by Crippen LogP contribution is 2.42. The van der Waals surface area contributed by atoms with Crippen molar-refractivity contribution in [1.82, 2.24) is 19.7 Å². The summed E-state index contributed by atoms with van der Waals surface area (Å²) in [5.41, 5.74) is 3.63. The second-order valence-corrected chi connectivity index (χ2v) is 9.98. The van der Waals surface area contributed by atoms with Crippen LogP contribution in [-0.4, -0.2) is 88.7 Å². The van der Waals surface area contributed by atoms with Crippen molar-refractivity contribution in [2.45, 2.75) is 24.9 Å². The molecule has 0 spiro atoms. The number of rotatable bonds is 6. The first kappa shape index (κ1) is 24.1. The number of aromatic amines is 1. The normalized spacial score (nSPS) is 23.3. The molecule has 2 aromatic carbocycles. The first-order valence-corrected chi connectivity index (χ1v) is 12.8. The molecule has 0 saturated carbocycles. The number of hydrogen-bond donors (Lipinski definition) is 3. The van der Waals surface area contributed by atoms with Crippen LogP contribution in [0.5, 0.6) is 0 Å². The van der Waals surface area contributed by atoms with Gasteiger partial charge in [-0.2, -0.15) is 5.23 Å². The minimum Gasteiger partial charge on any atom is -0.595 e. The summed E-state index contributed by atoms with van der Waals surface area (Å²) in [5.74, 6) is -0.164. The molecule has 0 radical (unpaired) electrons. The maximum Gasteiger partial charge on any atom is 0.246 e. The number of benzene rings is 2. The molecule has 0 bridgehead atoms. The lowest BCUT2D eigenvalue weighted by Crippen LogP contribution is -2.99. The van der Waals surface area contributed by atoms with Gasteiger partial charge < -0.3 is 24.7 Å². The standard InChI is InChI=1S/C27H31N5O5/c33-24-17-30(10-4-9-29-11-13-37-14-12-29)27(34)23-16-21-20-7-1-2-8-22(20)28-25(21)26(31(23)24)18-5-3-6-19(15-18)32(35)36/h1-3,5-8,15,23,26,28,32,35H,4,9-14,16-17H2/t23-,26?/m0/s1. The van der Waals surface area contributed by atoms with E-state index in [9.17, 15) is 20.0 Å². The van der Waals surface area contributed by atoms with Crippen molar-refractivity contribution in [3.8, 4) is 0 Å². The van der Waals surface area contributed by atoms with E-state index in [0.717, 1.165) is 61.4 Å². The number of nitrogens with zero attached hydrogens (tertiary/aromatic N) is 3. The molecule has 3 aromatic rings. The largest absolute Gasteiger partial charge is 0.595 e. The van der Waals surface area contributed by atoms with Crippen LogP contribution >= 0.6 is 0 Å². The summed E-state index contributed by atoms with van der Waals surface area (Å²) in [6.45, 7) is 4.68. The number of fused-ring (bicyclic) bond motifs is 4. The maximum absolute atomic E-state index is 13.8. The van der Waals surface area contributed by atoms with Crippen LogP contribution in [0.15, 0.2) is 48.5 Å². The molecule has 3 N–H and O–H groups in total. The highest BCUT2D eigenvalue weighted by molar-refractivity contribution is 5.97. The van der Waals surface area contributed by atoms with Gasteiger partial charge in [0.1, 0.15) is 6.04 Å². The molecule has 194 valence electrons. The van der Waals surface area contributed by atoms with E-state index in [1.165, 1.54) is 6.07 Å². The first-order valence-electron chi connectivity index (χ1n) is 12.8. The quantitative estimate of drug-likeness (QED) is 0.430. The lowest BCUT2D eigenvalue weighted by molar-refractivity contribution is -0.991. The number of H-pyrrole nitrogens is 1. The van der Waals surface area contributed by atoms with Gasteiger partial charge in [-0.1, -0.05) is 30.3 Å². The second kappa shape index (κ2) is 9.88. The maximum atomic E-state index is 13.8. The third-order valence-corrected chi connectivity index (χ3v) is 7.80. The van der Waals surface area contributed by atoms with Crippen LogP contribution < -0.4 is 5.23 Å². The van der Waals surface area contributed by atoms with Crippen molar-refractivity contribution < 1.29 is 24.8 Å².